The van der Waals surface area contributed by atoms with Gasteiger partial charge in [0.2, 0.25) is 5.88 Å². The molecule has 0 saturated heterocycles. The largest absolute Gasteiger partial charge is 0.512 e. The fourth-order valence-corrected chi connectivity index (χ4v) is 5.11. The molecule has 0 spiro atoms. The summed E-state index contributed by atoms with van der Waals surface area (Å²) in [5.41, 5.74) is 5.94. The molecule has 0 atom stereocenters. The van der Waals surface area contributed by atoms with Crippen LogP contribution in [0.5, 0.6) is 11.6 Å². The second-order valence-corrected chi connectivity index (χ2v) is 9.29. The van der Waals surface area contributed by atoms with Gasteiger partial charge in [-0.15, -0.1) is 0 Å². The van der Waals surface area contributed by atoms with Crippen LogP contribution in [0.3, 0.4) is 0 Å². The fourth-order valence-electron chi connectivity index (χ4n) is 5.11. The maximum absolute atomic E-state index is 11.5. The predicted molar refractivity (Wildman–Crippen MR) is 146 cm³/mol. The van der Waals surface area contributed by atoms with Crippen molar-refractivity contribution in [3.8, 4) is 22.8 Å². The third-order valence-electron chi connectivity index (χ3n) is 6.74. The third kappa shape index (κ3) is 4.20. The van der Waals surface area contributed by atoms with Gasteiger partial charge in [0.05, 0.1) is 18.3 Å². The highest BCUT2D eigenvalue weighted by atomic mass is 16.7. The molecule has 3 heterocycles. The molecular formula is C30H26N4O4. The van der Waals surface area contributed by atoms with Crippen molar-refractivity contribution in [2.75, 3.05) is 6.61 Å². The minimum atomic E-state index is -1.37. The van der Waals surface area contributed by atoms with Crippen LogP contribution in [-0.4, -0.2) is 37.5 Å². The van der Waals surface area contributed by atoms with Crippen LogP contribution in [0.4, 0.5) is 4.79 Å². The molecule has 8 heteroatoms. The van der Waals surface area contributed by atoms with Crippen molar-refractivity contribution < 1.29 is 19.4 Å². The Balaban J connectivity index is 1.33. The van der Waals surface area contributed by atoms with Crippen LogP contribution in [-0.2, 0) is 6.42 Å². The maximum Gasteiger partial charge on any atom is 0.512 e. The standard InChI is InChI=1S/C30H26N4O4/c1-18-16-19(2)34-28(32-18)25(17-31-34)23-12-6-11-22-24(29(33-27(22)23)38-30(35)36)13-7-15-37-26-14-5-9-20-8-3-4-10-21(20)26/h3-6,8-12,14,16-17,33H,7,13,15H2,1-2H3,(H,35,36). The second-order valence-electron chi connectivity index (χ2n) is 9.29. The molecule has 0 amide bonds. The van der Waals surface area contributed by atoms with Crippen molar-refractivity contribution in [2.24, 2.45) is 0 Å². The second kappa shape index (κ2) is 9.55. The van der Waals surface area contributed by atoms with Crippen LogP contribution in [0, 0.1) is 13.8 Å². The summed E-state index contributed by atoms with van der Waals surface area (Å²) in [6.45, 7) is 4.42. The molecular weight excluding hydrogens is 480 g/mol. The molecule has 0 aliphatic carbocycles. The lowest BCUT2D eigenvalue weighted by molar-refractivity contribution is 0.142. The fraction of sp³-hybridized carbons (Fsp3) is 0.167. The van der Waals surface area contributed by atoms with Crippen molar-refractivity contribution >= 4 is 33.5 Å². The molecule has 6 rings (SSSR count). The molecule has 2 N–H and O–H groups in total. The van der Waals surface area contributed by atoms with Gasteiger partial charge in [0, 0.05) is 38.9 Å². The number of rotatable bonds is 7. The first-order chi connectivity index (χ1) is 18.5. The van der Waals surface area contributed by atoms with Gasteiger partial charge in [-0.2, -0.15) is 5.10 Å². The van der Waals surface area contributed by atoms with E-state index in [9.17, 15) is 9.90 Å². The minimum absolute atomic E-state index is 0.224. The van der Waals surface area contributed by atoms with E-state index in [0.29, 0.717) is 19.4 Å². The van der Waals surface area contributed by atoms with Gasteiger partial charge in [0.1, 0.15) is 5.75 Å². The van der Waals surface area contributed by atoms with Gasteiger partial charge in [-0.05, 0) is 44.2 Å². The van der Waals surface area contributed by atoms with E-state index in [1.807, 2.05) is 73.0 Å². The van der Waals surface area contributed by atoms with E-state index in [1.54, 1.807) is 6.20 Å². The highest BCUT2D eigenvalue weighted by Crippen LogP contribution is 2.37. The highest BCUT2D eigenvalue weighted by molar-refractivity contribution is 6.00. The monoisotopic (exact) mass is 506 g/mol. The number of aryl methyl sites for hydroxylation is 3. The average Bonchev–Trinajstić information content (AvgIpc) is 3.47. The highest BCUT2D eigenvalue weighted by Gasteiger charge is 2.20. The Morgan fingerprint density at radius 3 is 2.66 bits per heavy atom. The van der Waals surface area contributed by atoms with Crippen LogP contribution < -0.4 is 9.47 Å². The van der Waals surface area contributed by atoms with E-state index in [-0.39, 0.29) is 5.88 Å². The number of fused-ring (bicyclic) bond motifs is 3. The van der Waals surface area contributed by atoms with Gasteiger partial charge < -0.3 is 19.6 Å². The number of carbonyl (C=O) groups is 1. The van der Waals surface area contributed by atoms with Crippen LogP contribution in [0.2, 0.25) is 0 Å². The molecule has 0 fully saturated rings. The molecule has 3 aromatic heterocycles. The Kier molecular flexibility index (Phi) is 5.92. The number of aromatic amines is 1. The smallest absolute Gasteiger partial charge is 0.493 e. The zero-order valence-corrected chi connectivity index (χ0v) is 21.1. The van der Waals surface area contributed by atoms with Crippen LogP contribution in [0.1, 0.15) is 23.4 Å². The molecule has 0 bridgehead atoms. The lowest BCUT2D eigenvalue weighted by atomic mass is 10.0. The Morgan fingerprint density at radius 1 is 1.00 bits per heavy atom. The van der Waals surface area contributed by atoms with Gasteiger partial charge in [0.15, 0.2) is 5.65 Å². The van der Waals surface area contributed by atoms with Gasteiger partial charge >= 0.3 is 6.16 Å². The first-order valence-electron chi connectivity index (χ1n) is 12.5. The summed E-state index contributed by atoms with van der Waals surface area (Å²) in [5, 5.41) is 17.0. The first-order valence-corrected chi connectivity index (χ1v) is 12.5. The molecule has 3 aromatic carbocycles. The molecule has 0 unspecified atom stereocenters. The summed E-state index contributed by atoms with van der Waals surface area (Å²) in [6, 6.07) is 22.0. The molecule has 6 aromatic rings. The molecule has 0 aliphatic heterocycles. The lowest BCUT2D eigenvalue weighted by Crippen LogP contribution is -2.06. The van der Waals surface area contributed by atoms with E-state index < -0.39 is 6.16 Å². The number of aromatic nitrogens is 4. The van der Waals surface area contributed by atoms with Crippen LogP contribution in [0.25, 0.3) is 38.4 Å². The van der Waals surface area contributed by atoms with Gasteiger partial charge in [-0.1, -0.05) is 54.6 Å². The van der Waals surface area contributed by atoms with Crippen LogP contribution >= 0.6 is 0 Å². The van der Waals surface area contributed by atoms with Gasteiger partial charge in [-0.3, -0.25) is 0 Å². The van der Waals surface area contributed by atoms with E-state index >= 15 is 0 Å². The first kappa shape index (κ1) is 23.5. The topological polar surface area (TPSA) is 102 Å². The average molecular weight is 507 g/mol. The molecule has 0 radical (unpaired) electrons. The summed E-state index contributed by atoms with van der Waals surface area (Å²) in [6.07, 6.45) is 1.67. The number of nitrogens with zero attached hydrogens (tertiary/aromatic N) is 3. The number of ether oxygens (including phenoxy) is 2. The van der Waals surface area contributed by atoms with Gasteiger partial charge in [-0.25, -0.2) is 14.3 Å². The predicted octanol–water partition coefficient (Wildman–Crippen LogP) is 6.72. The Hall–Kier alpha value is -4.85. The Morgan fingerprint density at radius 2 is 1.79 bits per heavy atom. The zero-order valence-electron chi connectivity index (χ0n) is 21.1. The Labute approximate surface area is 218 Å². The Bertz CT molecular complexity index is 1810. The van der Waals surface area contributed by atoms with Crippen molar-refractivity contribution in [1.29, 1.82) is 0 Å². The zero-order chi connectivity index (χ0) is 26.2. The maximum atomic E-state index is 11.5. The molecule has 190 valence electrons. The molecule has 38 heavy (non-hydrogen) atoms. The van der Waals surface area contributed by atoms with Crippen molar-refractivity contribution in [3.63, 3.8) is 0 Å². The number of para-hydroxylation sites is 1. The molecule has 0 saturated carbocycles. The van der Waals surface area contributed by atoms with E-state index in [4.69, 9.17) is 14.5 Å². The van der Waals surface area contributed by atoms with Crippen LogP contribution in [0.15, 0.2) is 72.9 Å². The minimum Gasteiger partial charge on any atom is -0.493 e. The summed E-state index contributed by atoms with van der Waals surface area (Å²) in [7, 11) is 0. The summed E-state index contributed by atoms with van der Waals surface area (Å²) in [5.74, 6) is 1.06. The summed E-state index contributed by atoms with van der Waals surface area (Å²) >= 11 is 0. The number of hydrogen-bond donors (Lipinski definition) is 2. The van der Waals surface area contributed by atoms with Crippen molar-refractivity contribution in [2.45, 2.75) is 26.7 Å². The normalized spacial score (nSPS) is 11.4. The molecule has 8 nitrogen and oxygen atoms in total. The van der Waals surface area contributed by atoms with Crippen molar-refractivity contribution in [1.82, 2.24) is 19.6 Å². The number of nitrogens with one attached hydrogen (secondary N) is 1. The number of H-pyrrole nitrogens is 1. The number of benzene rings is 3. The number of hydrogen-bond acceptors (Lipinski definition) is 5. The third-order valence-corrected chi connectivity index (χ3v) is 6.74. The summed E-state index contributed by atoms with van der Waals surface area (Å²) < 4.78 is 13.1. The SMILES string of the molecule is Cc1cc(C)n2ncc(-c3cccc4c(CCCOc5cccc6ccccc56)c(OC(=O)O)[nH]c34)c2n1. The lowest BCUT2D eigenvalue weighted by Gasteiger charge is -2.09. The van der Waals surface area contributed by atoms with Gasteiger partial charge in [0.25, 0.3) is 0 Å². The van der Waals surface area contributed by atoms with E-state index in [0.717, 1.165) is 61.2 Å². The number of carboxylic acid groups (broad SMARTS) is 1. The molecule has 0 aliphatic rings. The quantitative estimate of drug-likeness (QED) is 0.184. The summed E-state index contributed by atoms with van der Waals surface area (Å²) in [4.78, 5) is 19.4. The van der Waals surface area contributed by atoms with E-state index in [2.05, 4.69) is 22.2 Å². The van der Waals surface area contributed by atoms with Crippen molar-refractivity contribution in [3.05, 3.63) is 89.9 Å². The van der Waals surface area contributed by atoms with E-state index in [1.165, 1.54) is 0 Å².